The highest BCUT2D eigenvalue weighted by Crippen LogP contribution is 2.20. The summed E-state index contributed by atoms with van der Waals surface area (Å²) in [4.78, 5) is 29.8. The Kier molecular flexibility index (Phi) is 6.77. The summed E-state index contributed by atoms with van der Waals surface area (Å²) in [6, 6.07) is 14.6. The molecule has 1 aliphatic heterocycles. The zero-order chi connectivity index (χ0) is 21.7. The van der Waals surface area contributed by atoms with Crippen molar-refractivity contribution in [1.29, 1.82) is 0 Å². The summed E-state index contributed by atoms with van der Waals surface area (Å²) in [6.07, 6.45) is 0.948. The van der Waals surface area contributed by atoms with E-state index in [0.717, 1.165) is 37.3 Å². The van der Waals surface area contributed by atoms with Crippen LogP contribution in [-0.4, -0.2) is 53.5 Å². The summed E-state index contributed by atoms with van der Waals surface area (Å²) in [5.41, 5.74) is 2.93. The van der Waals surface area contributed by atoms with Crippen LogP contribution in [0.15, 0.2) is 48.5 Å². The van der Waals surface area contributed by atoms with Gasteiger partial charge in [-0.3, -0.25) is 9.69 Å². The number of amides is 3. The molecule has 2 aromatic carbocycles. The number of para-hydroxylation sites is 1. The highest BCUT2D eigenvalue weighted by atomic mass is 16.2. The number of aryl methyl sites for hydroxylation is 1. The van der Waals surface area contributed by atoms with E-state index in [9.17, 15) is 9.59 Å². The van der Waals surface area contributed by atoms with E-state index in [1.54, 1.807) is 12.1 Å². The standard InChI is InChI=1S/C24H32N4O2/c1-18-11-12-19(22(29)25-20-9-6-5-7-10-20)17-21(18)26-23(30)27-13-8-14-28(16-15-27)24(2,3)4/h5-7,9-12,17H,8,13-16H2,1-4H3,(H,25,29)(H,26,30). The normalized spacial score (nSPS) is 15.4. The second-order valence-electron chi connectivity index (χ2n) is 8.78. The second kappa shape index (κ2) is 9.30. The molecule has 6 heteroatoms. The first-order chi connectivity index (χ1) is 14.2. The van der Waals surface area contributed by atoms with Gasteiger partial charge in [-0.1, -0.05) is 24.3 Å². The van der Waals surface area contributed by atoms with Crippen LogP contribution in [0.1, 0.15) is 43.1 Å². The largest absolute Gasteiger partial charge is 0.323 e. The molecule has 3 amide bonds. The molecular weight excluding hydrogens is 376 g/mol. The molecule has 0 saturated carbocycles. The summed E-state index contributed by atoms with van der Waals surface area (Å²) in [7, 11) is 0. The Morgan fingerprint density at radius 3 is 2.33 bits per heavy atom. The van der Waals surface area contributed by atoms with Gasteiger partial charge in [0.05, 0.1) is 0 Å². The molecule has 0 bridgehead atoms. The van der Waals surface area contributed by atoms with E-state index in [-0.39, 0.29) is 17.5 Å². The van der Waals surface area contributed by atoms with Gasteiger partial charge < -0.3 is 15.5 Å². The summed E-state index contributed by atoms with van der Waals surface area (Å²) >= 11 is 0. The van der Waals surface area contributed by atoms with Crippen LogP contribution in [0.25, 0.3) is 0 Å². The molecule has 1 fully saturated rings. The number of nitrogens with one attached hydrogen (secondary N) is 2. The number of carbonyl (C=O) groups excluding carboxylic acids is 2. The lowest BCUT2D eigenvalue weighted by molar-refractivity contribution is 0.102. The van der Waals surface area contributed by atoms with Gasteiger partial charge in [0.1, 0.15) is 0 Å². The van der Waals surface area contributed by atoms with Gasteiger partial charge in [0, 0.05) is 48.7 Å². The first kappa shape index (κ1) is 21.8. The topological polar surface area (TPSA) is 64.7 Å². The minimum atomic E-state index is -0.202. The van der Waals surface area contributed by atoms with Crippen molar-refractivity contribution in [3.63, 3.8) is 0 Å². The number of nitrogens with zero attached hydrogens (tertiary/aromatic N) is 2. The molecule has 30 heavy (non-hydrogen) atoms. The van der Waals surface area contributed by atoms with Crippen molar-refractivity contribution in [2.75, 3.05) is 36.8 Å². The molecule has 0 unspecified atom stereocenters. The first-order valence-electron chi connectivity index (χ1n) is 10.5. The van der Waals surface area contributed by atoms with Crippen LogP contribution in [0, 0.1) is 6.92 Å². The van der Waals surface area contributed by atoms with Gasteiger partial charge in [0.15, 0.2) is 0 Å². The fourth-order valence-electron chi connectivity index (χ4n) is 3.61. The van der Waals surface area contributed by atoms with E-state index in [4.69, 9.17) is 0 Å². The van der Waals surface area contributed by atoms with E-state index in [0.29, 0.717) is 17.8 Å². The lowest BCUT2D eigenvalue weighted by Gasteiger charge is -2.34. The van der Waals surface area contributed by atoms with Gasteiger partial charge >= 0.3 is 6.03 Å². The third kappa shape index (κ3) is 5.60. The Bertz CT molecular complexity index is 890. The van der Waals surface area contributed by atoms with Crippen LogP contribution in [0.2, 0.25) is 0 Å². The summed E-state index contributed by atoms with van der Waals surface area (Å²) in [6.45, 7) is 11.8. The molecular formula is C24H32N4O2. The summed E-state index contributed by atoms with van der Waals surface area (Å²) < 4.78 is 0. The average molecular weight is 409 g/mol. The fraction of sp³-hybridized carbons (Fsp3) is 0.417. The van der Waals surface area contributed by atoms with Crippen LogP contribution in [0.3, 0.4) is 0 Å². The Morgan fingerprint density at radius 2 is 1.63 bits per heavy atom. The molecule has 6 nitrogen and oxygen atoms in total. The fourth-order valence-corrected chi connectivity index (χ4v) is 3.61. The van der Waals surface area contributed by atoms with Crippen LogP contribution < -0.4 is 10.6 Å². The van der Waals surface area contributed by atoms with Crippen molar-refractivity contribution >= 4 is 23.3 Å². The SMILES string of the molecule is Cc1ccc(C(=O)Nc2ccccc2)cc1NC(=O)N1CCCN(C(C)(C)C)CC1. The Labute approximate surface area is 179 Å². The van der Waals surface area contributed by atoms with Gasteiger partial charge in [0.2, 0.25) is 0 Å². The molecule has 1 saturated heterocycles. The number of hydrogen-bond acceptors (Lipinski definition) is 3. The molecule has 1 aliphatic rings. The van der Waals surface area contributed by atoms with Gasteiger partial charge in [-0.2, -0.15) is 0 Å². The van der Waals surface area contributed by atoms with Gasteiger partial charge in [0.25, 0.3) is 5.91 Å². The molecule has 0 radical (unpaired) electrons. The number of carbonyl (C=O) groups is 2. The molecule has 160 valence electrons. The zero-order valence-corrected chi connectivity index (χ0v) is 18.4. The molecule has 0 aromatic heterocycles. The monoisotopic (exact) mass is 408 g/mol. The average Bonchev–Trinajstić information content (AvgIpc) is 2.97. The maximum Gasteiger partial charge on any atom is 0.321 e. The number of hydrogen-bond donors (Lipinski definition) is 2. The van der Waals surface area contributed by atoms with Crippen molar-refractivity contribution in [2.45, 2.75) is 39.7 Å². The van der Waals surface area contributed by atoms with Crippen molar-refractivity contribution in [3.05, 3.63) is 59.7 Å². The molecule has 1 heterocycles. The lowest BCUT2D eigenvalue weighted by atomic mass is 10.1. The van der Waals surface area contributed by atoms with Gasteiger partial charge in [-0.15, -0.1) is 0 Å². The molecule has 0 aliphatic carbocycles. The Hall–Kier alpha value is -2.86. The maximum absolute atomic E-state index is 12.9. The predicted molar refractivity (Wildman–Crippen MR) is 122 cm³/mol. The van der Waals surface area contributed by atoms with Crippen LogP contribution in [0.5, 0.6) is 0 Å². The third-order valence-electron chi connectivity index (χ3n) is 5.50. The summed E-state index contributed by atoms with van der Waals surface area (Å²) in [5.74, 6) is -0.202. The smallest absolute Gasteiger partial charge is 0.321 e. The van der Waals surface area contributed by atoms with E-state index < -0.39 is 0 Å². The minimum Gasteiger partial charge on any atom is -0.323 e. The maximum atomic E-state index is 12.9. The lowest BCUT2D eigenvalue weighted by Crippen LogP contribution is -2.44. The van der Waals surface area contributed by atoms with Gasteiger partial charge in [-0.25, -0.2) is 4.79 Å². The number of benzene rings is 2. The van der Waals surface area contributed by atoms with Crippen molar-refractivity contribution < 1.29 is 9.59 Å². The van der Waals surface area contributed by atoms with Crippen molar-refractivity contribution in [3.8, 4) is 0 Å². The van der Waals surface area contributed by atoms with E-state index in [1.807, 2.05) is 48.2 Å². The summed E-state index contributed by atoms with van der Waals surface area (Å²) in [5, 5.41) is 5.89. The zero-order valence-electron chi connectivity index (χ0n) is 18.4. The quantitative estimate of drug-likeness (QED) is 0.781. The number of urea groups is 1. The van der Waals surface area contributed by atoms with Crippen molar-refractivity contribution in [2.24, 2.45) is 0 Å². The Balaban J connectivity index is 1.66. The Morgan fingerprint density at radius 1 is 0.900 bits per heavy atom. The van der Waals surface area contributed by atoms with Crippen LogP contribution in [0.4, 0.5) is 16.2 Å². The highest BCUT2D eigenvalue weighted by molar-refractivity contribution is 6.05. The molecule has 3 rings (SSSR count). The van der Waals surface area contributed by atoms with Crippen LogP contribution >= 0.6 is 0 Å². The van der Waals surface area contributed by atoms with E-state index >= 15 is 0 Å². The second-order valence-corrected chi connectivity index (χ2v) is 8.78. The van der Waals surface area contributed by atoms with Crippen LogP contribution in [-0.2, 0) is 0 Å². The first-order valence-corrected chi connectivity index (χ1v) is 10.5. The molecule has 0 atom stereocenters. The number of rotatable bonds is 3. The predicted octanol–water partition coefficient (Wildman–Crippen LogP) is 4.59. The van der Waals surface area contributed by atoms with E-state index in [2.05, 4.69) is 36.3 Å². The highest BCUT2D eigenvalue weighted by Gasteiger charge is 2.26. The van der Waals surface area contributed by atoms with Crippen molar-refractivity contribution in [1.82, 2.24) is 9.80 Å². The van der Waals surface area contributed by atoms with Gasteiger partial charge in [-0.05, 0) is 63.9 Å². The molecule has 2 N–H and O–H groups in total. The number of anilines is 2. The molecule has 0 spiro atoms. The third-order valence-corrected chi connectivity index (χ3v) is 5.50. The minimum absolute atomic E-state index is 0.101. The van der Waals surface area contributed by atoms with E-state index in [1.165, 1.54) is 0 Å². The molecule has 2 aromatic rings.